The fourth-order valence-electron chi connectivity index (χ4n) is 4.54. The molecule has 0 heterocycles. The maximum Gasteiger partial charge on any atom is 0.161 e. The number of allylic oxidation sites excluding steroid dienone is 6. The molecule has 0 saturated carbocycles. The molecule has 0 saturated heterocycles. The van der Waals surface area contributed by atoms with Crippen LogP contribution >= 0.6 is 0 Å². The highest BCUT2D eigenvalue weighted by atomic mass is 16.1. The summed E-state index contributed by atoms with van der Waals surface area (Å²) in [5, 5.41) is 0. The lowest BCUT2D eigenvalue weighted by Crippen LogP contribution is -2.25. The van der Waals surface area contributed by atoms with Crippen molar-refractivity contribution >= 4 is 5.78 Å². The Hall–Kier alpha value is -2.67. The van der Waals surface area contributed by atoms with Crippen molar-refractivity contribution < 1.29 is 4.79 Å². The molecule has 5 rings (SSSR count). The standard InChI is InChI=1S/C22H16O/c23-21-14-22(20-11-3-1-2-10-17(20)21)18-12-6-4-8-15(18)16-9-5-7-13-19(16)22/h1-9,11-13H,10,14H2. The van der Waals surface area contributed by atoms with E-state index < -0.39 is 0 Å². The third-order valence-corrected chi connectivity index (χ3v) is 5.44. The van der Waals surface area contributed by atoms with E-state index in [0.29, 0.717) is 12.2 Å². The highest BCUT2D eigenvalue weighted by Gasteiger charge is 2.51. The van der Waals surface area contributed by atoms with Crippen molar-refractivity contribution in [1.29, 1.82) is 0 Å². The van der Waals surface area contributed by atoms with Crippen molar-refractivity contribution in [3.8, 4) is 11.1 Å². The minimum absolute atomic E-state index is 0.290. The van der Waals surface area contributed by atoms with Crippen molar-refractivity contribution in [2.75, 3.05) is 0 Å². The average Bonchev–Trinajstić information content (AvgIpc) is 2.88. The van der Waals surface area contributed by atoms with E-state index in [1.807, 2.05) is 6.08 Å². The van der Waals surface area contributed by atoms with E-state index >= 15 is 0 Å². The van der Waals surface area contributed by atoms with Crippen LogP contribution in [0.1, 0.15) is 24.0 Å². The molecule has 0 amide bonds. The van der Waals surface area contributed by atoms with E-state index in [9.17, 15) is 4.79 Å². The van der Waals surface area contributed by atoms with Crippen LogP contribution < -0.4 is 0 Å². The molecule has 0 radical (unpaired) electrons. The Morgan fingerprint density at radius 1 is 0.826 bits per heavy atom. The van der Waals surface area contributed by atoms with E-state index in [4.69, 9.17) is 0 Å². The fraction of sp³-hybridized carbons (Fsp3) is 0.136. The number of carbonyl (C=O) groups is 1. The zero-order chi connectivity index (χ0) is 15.4. The average molecular weight is 296 g/mol. The van der Waals surface area contributed by atoms with Crippen molar-refractivity contribution in [2.24, 2.45) is 0 Å². The number of benzene rings is 2. The van der Waals surface area contributed by atoms with Gasteiger partial charge in [-0.05, 0) is 34.2 Å². The van der Waals surface area contributed by atoms with Crippen LogP contribution in [0.2, 0.25) is 0 Å². The van der Waals surface area contributed by atoms with Gasteiger partial charge in [0.05, 0.1) is 5.41 Å². The lowest BCUT2D eigenvalue weighted by atomic mass is 9.72. The van der Waals surface area contributed by atoms with E-state index in [1.165, 1.54) is 27.8 Å². The fourth-order valence-corrected chi connectivity index (χ4v) is 4.54. The molecule has 110 valence electrons. The lowest BCUT2D eigenvalue weighted by molar-refractivity contribution is -0.115. The molecule has 0 atom stereocenters. The van der Waals surface area contributed by atoms with Crippen LogP contribution in [0.3, 0.4) is 0 Å². The summed E-state index contributed by atoms with van der Waals surface area (Å²) >= 11 is 0. The zero-order valence-corrected chi connectivity index (χ0v) is 12.8. The molecule has 0 unspecified atom stereocenters. The van der Waals surface area contributed by atoms with Gasteiger partial charge in [0.15, 0.2) is 5.78 Å². The monoisotopic (exact) mass is 296 g/mol. The molecular weight excluding hydrogens is 280 g/mol. The zero-order valence-electron chi connectivity index (χ0n) is 12.8. The van der Waals surface area contributed by atoms with Gasteiger partial charge in [-0.1, -0.05) is 72.8 Å². The second-order valence-electron chi connectivity index (χ2n) is 6.48. The normalized spacial score (nSPS) is 19.7. The van der Waals surface area contributed by atoms with Crippen LogP contribution in [0.25, 0.3) is 11.1 Å². The molecule has 1 heteroatoms. The molecule has 3 aliphatic carbocycles. The first kappa shape index (κ1) is 12.8. The first-order valence-electron chi connectivity index (χ1n) is 8.12. The van der Waals surface area contributed by atoms with Gasteiger partial charge in [0.25, 0.3) is 0 Å². The largest absolute Gasteiger partial charge is 0.294 e. The summed E-state index contributed by atoms with van der Waals surface area (Å²) < 4.78 is 0. The van der Waals surface area contributed by atoms with Crippen molar-refractivity contribution in [3.05, 3.63) is 95.1 Å². The molecule has 0 aromatic heterocycles. The third-order valence-electron chi connectivity index (χ3n) is 5.44. The predicted molar refractivity (Wildman–Crippen MR) is 92.2 cm³/mol. The van der Waals surface area contributed by atoms with Crippen molar-refractivity contribution in [1.82, 2.24) is 0 Å². The number of ketones is 1. The van der Waals surface area contributed by atoms with Gasteiger partial charge in [-0.2, -0.15) is 0 Å². The van der Waals surface area contributed by atoms with Crippen LogP contribution in [0.15, 0.2) is 84.0 Å². The minimum atomic E-state index is -0.290. The Balaban J connectivity index is 1.90. The Kier molecular flexibility index (Phi) is 2.47. The number of fused-ring (bicyclic) bond motifs is 6. The number of carbonyl (C=O) groups excluding carboxylic acids is 1. The number of rotatable bonds is 0. The number of Topliss-reactive ketones (excluding diaryl/α,β-unsaturated/α-hetero) is 1. The van der Waals surface area contributed by atoms with E-state index in [1.54, 1.807) is 0 Å². The Bertz CT molecular complexity index is 894. The molecular formula is C22H16O. The smallest absolute Gasteiger partial charge is 0.161 e. The number of hydrogen-bond acceptors (Lipinski definition) is 1. The predicted octanol–water partition coefficient (Wildman–Crippen LogP) is 4.74. The molecule has 2 aromatic rings. The van der Waals surface area contributed by atoms with Gasteiger partial charge in [-0.25, -0.2) is 0 Å². The highest BCUT2D eigenvalue weighted by Crippen LogP contribution is 2.58. The molecule has 0 aliphatic heterocycles. The molecule has 3 aliphatic rings. The molecule has 1 spiro atoms. The summed E-state index contributed by atoms with van der Waals surface area (Å²) in [5.74, 6) is 0.294. The summed E-state index contributed by atoms with van der Waals surface area (Å²) in [6.45, 7) is 0. The van der Waals surface area contributed by atoms with Crippen LogP contribution in [-0.2, 0) is 10.2 Å². The second-order valence-corrected chi connectivity index (χ2v) is 6.48. The Labute approximate surface area is 135 Å². The first-order valence-corrected chi connectivity index (χ1v) is 8.12. The van der Waals surface area contributed by atoms with Gasteiger partial charge in [0.2, 0.25) is 0 Å². The summed E-state index contributed by atoms with van der Waals surface area (Å²) in [5.41, 5.74) is 7.01. The van der Waals surface area contributed by atoms with Gasteiger partial charge >= 0.3 is 0 Å². The van der Waals surface area contributed by atoms with Gasteiger partial charge < -0.3 is 0 Å². The molecule has 2 aromatic carbocycles. The van der Waals surface area contributed by atoms with Crippen molar-refractivity contribution in [2.45, 2.75) is 18.3 Å². The van der Waals surface area contributed by atoms with Crippen LogP contribution in [-0.4, -0.2) is 5.78 Å². The second kappa shape index (κ2) is 4.42. The molecule has 0 bridgehead atoms. The van der Waals surface area contributed by atoms with E-state index in [-0.39, 0.29) is 5.41 Å². The van der Waals surface area contributed by atoms with Crippen LogP contribution in [0.5, 0.6) is 0 Å². The molecule has 0 fully saturated rings. The van der Waals surface area contributed by atoms with Crippen molar-refractivity contribution in [3.63, 3.8) is 0 Å². The lowest BCUT2D eigenvalue weighted by Gasteiger charge is -2.28. The maximum atomic E-state index is 12.8. The van der Waals surface area contributed by atoms with Crippen LogP contribution in [0, 0.1) is 0 Å². The van der Waals surface area contributed by atoms with Crippen LogP contribution in [0.4, 0.5) is 0 Å². The Morgan fingerprint density at radius 2 is 1.48 bits per heavy atom. The summed E-state index contributed by atoms with van der Waals surface area (Å²) in [4.78, 5) is 12.8. The third kappa shape index (κ3) is 1.49. The van der Waals surface area contributed by atoms with E-state index in [2.05, 4.69) is 66.8 Å². The van der Waals surface area contributed by atoms with Gasteiger partial charge in [-0.15, -0.1) is 0 Å². The minimum Gasteiger partial charge on any atom is -0.294 e. The molecule has 1 nitrogen and oxygen atoms in total. The quantitative estimate of drug-likeness (QED) is 0.686. The van der Waals surface area contributed by atoms with Gasteiger partial charge in [-0.3, -0.25) is 4.79 Å². The first-order chi connectivity index (χ1) is 11.3. The van der Waals surface area contributed by atoms with Gasteiger partial charge in [0.1, 0.15) is 0 Å². The van der Waals surface area contributed by atoms with Gasteiger partial charge in [0, 0.05) is 12.0 Å². The maximum absolute atomic E-state index is 12.8. The molecule has 23 heavy (non-hydrogen) atoms. The summed E-state index contributed by atoms with van der Waals surface area (Å²) in [7, 11) is 0. The molecule has 0 N–H and O–H groups in total. The topological polar surface area (TPSA) is 17.1 Å². The van der Waals surface area contributed by atoms with E-state index in [0.717, 1.165) is 12.0 Å². The summed E-state index contributed by atoms with van der Waals surface area (Å²) in [6.07, 6.45) is 9.67. The number of hydrogen-bond donors (Lipinski definition) is 0. The summed E-state index contributed by atoms with van der Waals surface area (Å²) in [6, 6.07) is 17.1. The Morgan fingerprint density at radius 3 is 2.17 bits per heavy atom. The highest BCUT2D eigenvalue weighted by molar-refractivity contribution is 6.05. The SMILES string of the molecule is O=C1CC2(C3=C1CC=CC=C3)c1ccccc1-c1ccccc12.